The lowest BCUT2D eigenvalue weighted by molar-refractivity contribution is -0.0498. The molecule has 0 aliphatic carbocycles. The molecular formula is C16H13F2N3OS. The standard InChI is InChI=1S/C16H13F2N3OS/c1-21-13-4-2-3-5-14(13)23-16(21)20-19-10-11-6-8-12(9-7-11)22-15(17)18/h2-10,15H,1H3/b19-10+,20-16-. The molecule has 0 spiro atoms. The average Bonchev–Trinajstić information content (AvgIpc) is 2.85. The average molecular weight is 333 g/mol. The van der Waals surface area contributed by atoms with Crippen LogP contribution in [0.25, 0.3) is 10.2 Å². The van der Waals surface area contributed by atoms with Crippen molar-refractivity contribution in [2.75, 3.05) is 0 Å². The summed E-state index contributed by atoms with van der Waals surface area (Å²) in [5, 5.41) is 8.27. The topological polar surface area (TPSA) is 38.9 Å². The second-order valence-corrected chi connectivity index (χ2v) is 5.71. The molecule has 0 N–H and O–H groups in total. The zero-order chi connectivity index (χ0) is 16.2. The Balaban J connectivity index is 1.80. The number of halogens is 2. The fraction of sp³-hybridized carbons (Fsp3) is 0.125. The number of benzene rings is 2. The minimum absolute atomic E-state index is 0.116. The quantitative estimate of drug-likeness (QED) is 0.529. The number of thiazole rings is 1. The van der Waals surface area contributed by atoms with Gasteiger partial charge in [-0.15, -0.1) is 5.10 Å². The van der Waals surface area contributed by atoms with Gasteiger partial charge in [0, 0.05) is 7.05 Å². The molecule has 0 fully saturated rings. The summed E-state index contributed by atoms with van der Waals surface area (Å²) in [5.41, 5.74) is 1.85. The van der Waals surface area contributed by atoms with E-state index in [2.05, 4.69) is 14.9 Å². The van der Waals surface area contributed by atoms with Crippen LogP contribution in [0.15, 0.2) is 58.7 Å². The Morgan fingerprint density at radius 2 is 1.87 bits per heavy atom. The fourth-order valence-electron chi connectivity index (χ4n) is 2.06. The lowest BCUT2D eigenvalue weighted by Crippen LogP contribution is -2.08. The first-order chi connectivity index (χ1) is 11.1. The Morgan fingerprint density at radius 1 is 1.13 bits per heavy atom. The number of rotatable bonds is 4. The normalized spacial score (nSPS) is 12.6. The van der Waals surface area contributed by atoms with Gasteiger partial charge in [0.2, 0.25) is 4.80 Å². The highest BCUT2D eigenvalue weighted by molar-refractivity contribution is 7.16. The smallest absolute Gasteiger partial charge is 0.387 e. The molecule has 4 nitrogen and oxygen atoms in total. The van der Waals surface area contributed by atoms with E-state index >= 15 is 0 Å². The van der Waals surface area contributed by atoms with Crippen molar-refractivity contribution in [1.82, 2.24) is 4.57 Å². The number of nitrogens with zero attached hydrogens (tertiary/aromatic N) is 3. The molecule has 0 bridgehead atoms. The molecule has 0 amide bonds. The van der Waals surface area contributed by atoms with Crippen molar-refractivity contribution < 1.29 is 13.5 Å². The number of hydrogen-bond donors (Lipinski definition) is 0. The second-order valence-electron chi connectivity index (χ2n) is 4.70. The molecule has 3 rings (SSSR count). The molecular weight excluding hydrogens is 320 g/mol. The van der Waals surface area contributed by atoms with Crippen LogP contribution in [0, 0.1) is 0 Å². The van der Waals surface area contributed by atoms with Crippen LogP contribution in [-0.4, -0.2) is 17.4 Å². The number of fused-ring (bicyclic) bond motifs is 1. The molecule has 2 aromatic carbocycles. The van der Waals surface area contributed by atoms with Crippen LogP contribution in [0.1, 0.15) is 5.56 Å². The number of alkyl halides is 2. The molecule has 118 valence electrons. The van der Waals surface area contributed by atoms with Gasteiger partial charge in [0.15, 0.2) is 0 Å². The van der Waals surface area contributed by atoms with E-state index in [9.17, 15) is 8.78 Å². The second kappa shape index (κ2) is 6.70. The summed E-state index contributed by atoms with van der Waals surface area (Å²) < 4.78 is 31.5. The maximum Gasteiger partial charge on any atom is 0.387 e. The largest absolute Gasteiger partial charge is 0.435 e. The molecule has 0 radical (unpaired) electrons. The van der Waals surface area contributed by atoms with Gasteiger partial charge in [0.05, 0.1) is 16.4 Å². The van der Waals surface area contributed by atoms with Crippen molar-refractivity contribution in [3.63, 3.8) is 0 Å². The van der Waals surface area contributed by atoms with Crippen molar-refractivity contribution in [1.29, 1.82) is 0 Å². The molecule has 0 unspecified atom stereocenters. The molecule has 1 heterocycles. The molecule has 0 aliphatic rings. The van der Waals surface area contributed by atoms with Gasteiger partial charge in [-0.2, -0.15) is 13.9 Å². The van der Waals surface area contributed by atoms with Crippen LogP contribution in [0.5, 0.6) is 5.75 Å². The van der Waals surface area contributed by atoms with Crippen LogP contribution in [-0.2, 0) is 7.05 Å². The number of aryl methyl sites for hydroxylation is 1. The van der Waals surface area contributed by atoms with Gasteiger partial charge < -0.3 is 9.30 Å². The first-order valence-corrected chi connectivity index (χ1v) is 7.61. The summed E-state index contributed by atoms with van der Waals surface area (Å²) in [5.74, 6) is 0.116. The van der Waals surface area contributed by atoms with E-state index in [0.29, 0.717) is 0 Å². The maximum atomic E-state index is 12.1. The molecule has 3 aromatic rings. The van der Waals surface area contributed by atoms with E-state index in [1.807, 2.05) is 35.9 Å². The number of ether oxygens (including phenoxy) is 1. The molecule has 0 saturated carbocycles. The van der Waals surface area contributed by atoms with Gasteiger partial charge in [-0.05, 0) is 42.0 Å². The molecule has 23 heavy (non-hydrogen) atoms. The van der Waals surface area contributed by atoms with E-state index in [1.54, 1.807) is 29.7 Å². The van der Waals surface area contributed by atoms with Crippen LogP contribution in [0.3, 0.4) is 0 Å². The Morgan fingerprint density at radius 3 is 2.57 bits per heavy atom. The van der Waals surface area contributed by atoms with E-state index in [0.717, 1.165) is 20.6 Å². The SMILES string of the molecule is Cn1/c(=N/N=C/c2ccc(OC(F)F)cc2)sc2ccccc21. The van der Waals surface area contributed by atoms with Gasteiger partial charge in [-0.25, -0.2) is 0 Å². The van der Waals surface area contributed by atoms with Crippen LogP contribution in [0.2, 0.25) is 0 Å². The zero-order valence-corrected chi connectivity index (χ0v) is 13.0. The maximum absolute atomic E-state index is 12.1. The molecule has 7 heteroatoms. The summed E-state index contributed by atoms with van der Waals surface area (Å²) in [4.78, 5) is 0.778. The fourth-order valence-corrected chi connectivity index (χ4v) is 3.03. The molecule has 1 aromatic heterocycles. The Bertz CT molecular complexity index is 898. The van der Waals surface area contributed by atoms with Crippen LogP contribution in [0.4, 0.5) is 8.78 Å². The Labute approximate surface area is 135 Å². The summed E-state index contributed by atoms with van der Waals surface area (Å²) in [6.07, 6.45) is 1.57. The van der Waals surface area contributed by atoms with Crippen molar-refractivity contribution >= 4 is 27.8 Å². The first-order valence-electron chi connectivity index (χ1n) is 6.80. The summed E-state index contributed by atoms with van der Waals surface area (Å²) in [6.45, 7) is -2.82. The predicted molar refractivity (Wildman–Crippen MR) is 87.0 cm³/mol. The third-order valence-corrected chi connectivity index (χ3v) is 4.27. The van der Waals surface area contributed by atoms with Gasteiger partial charge in [0.25, 0.3) is 0 Å². The minimum Gasteiger partial charge on any atom is -0.435 e. The third-order valence-electron chi connectivity index (χ3n) is 3.17. The highest BCUT2D eigenvalue weighted by atomic mass is 32.1. The van der Waals surface area contributed by atoms with Crippen molar-refractivity contribution in [3.8, 4) is 5.75 Å². The molecule has 0 atom stereocenters. The van der Waals surface area contributed by atoms with Gasteiger partial charge in [0.1, 0.15) is 5.75 Å². The number of hydrogen-bond acceptors (Lipinski definition) is 4. The highest BCUT2D eigenvalue weighted by Crippen LogP contribution is 2.15. The summed E-state index contributed by atoms with van der Waals surface area (Å²) in [6, 6.07) is 14.2. The minimum atomic E-state index is -2.82. The Hall–Kier alpha value is -2.54. The zero-order valence-electron chi connectivity index (χ0n) is 12.2. The van der Waals surface area contributed by atoms with E-state index in [4.69, 9.17) is 0 Å². The monoisotopic (exact) mass is 333 g/mol. The van der Waals surface area contributed by atoms with E-state index in [-0.39, 0.29) is 5.75 Å². The Kier molecular flexibility index (Phi) is 4.47. The molecule has 0 aliphatic heterocycles. The van der Waals surface area contributed by atoms with Crippen LogP contribution < -0.4 is 9.54 Å². The van der Waals surface area contributed by atoms with E-state index in [1.165, 1.54) is 12.1 Å². The van der Waals surface area contributed by atoms with Gasteiger partial charge in [-0.3, -0.25) is 0 Å². The number of aromatic nitrogens is 1. The highest BCUT2D eigenvalue weighted by Gasteiger charge is 2.03. The third kappa shape index (κ3) is 3.62. The number of para-hydroxylation sites is 1. The van der Waals surface area contributed by atoms with Crippen LogP contribution >= 0.6 is 11.3 Å². The van der Waals surface area contributed by atoms with Crippen molar-refractivity contribution in [2.45, 2.75) is 6.61 Å². The lowest BCUT2D eigenvalue weighted by atomic mass is 10.2. The lowest BCUT2D eigenvalue weighted by Gasteiger charge is -2.03. The van der Waals surface area contributed by atoms with E-state index < -0.39 is 6.61 Å². The predicted octanol–water partition coefficient (Wildman–Crippen LogP) is 3.78. The van der Waals surface area contributed by atoms with Crippen molar-refractivity contribution in [2.24, 2.45) is 17.3 Å². The molecule has 0 saturated heterocycles. The summed E-state index contributed by atoms with van der Waals surface area (Å²) >= 11 is 1.55. The summed E-state index contributed by atoms with van der Waals surface area (Å²) in [7, 11) is 1.93. The first kappa shape index (κ1) is 15.4. The van der Waals surface area contributed by atoms with Gasteiger partial charge >= 0.3 is 6.61 Å². The van der Waals surface area contributed by atoms with Crippen molar-refractivity contribution in [3.05, 3.63) is 58.9 Å². The van der Waals surface area contributed by atoms with Gasteiger partial charge in [-0.1, -0.05) is 23.5 Å².